The quantitative estimate of drug-likeness (QED) is 0.798. The van der Waals surface area contributed by atoms with Gasteiger partial charge in [-0.25, -0.2) is 4.79 Å². The molecular formula is C24H31N3O2. The molecule has 2 saturated heterocycles. The summed E-state index contributed by atoms with van der Waals surface area (Å²) >= 11 is 0. The SMILES string of the molecule is CCOc1ccc(NC(=O)N2CC(N3CCC(Cc4ccccc4)CC3)C2)cc1. The molecule has 0 unspecified atom stereocenters. The summed E-state index contributed by atoms with van der Waals surface area (Å²) in [5.74, 6) is 1.61. The smallest absolute Gasteiger partial charge is 0.321 e. The number of hydrogen-bond donors (Lipinski definition) is 1. The lowest BCUT2D eigenvalue weighted by atomic mass is 9.89. The van der Waals surface area contributed by atoms with Gasteiger partial charge in [0.25, 0.3) is 0 Å². The maximum atomic E-state index is 12.5. The fourth-order valence-electron chi connectivity index (χ4n) is 4.33. The van der Waals surface area contributed by atoms with E-state index in [-0.39, 0.29) is 6.03 Å². The van der Waals surface area contributed by atoms with Gasteiger partial charge in [0.1, 0.15) is 5.75 Å². The molecule has 0 aliphatic carbocycles. The second-order valence-electron chi connectivity index (χ2n) is 8.12. The lowest BCUT2D eigenvalue weighted by Crippen LogP contribution is -2.63. The summed E-state index contributed by atoms with van der Waals surface area (Å²) in [7, 11) is 0. The highest BCUT2D eigenvalue weighted by Crippen LogP contribution is 2.26. The number of amides is 2. The van der Waals surface area contributed by atoms with Gasteiger partial charge in [0, 0.05) is 24.8 Å². The predicted molar refractivity (Wildman–Crippen MR) is 116 cm³/mol. The van der Waals surface area contributed by atoms with E-state index in [0.717, 1.165) is 43.5 Å². The minimum atomic E-state index is -0.00984. The minimum Gasteiger partial charge on any atom is -0.494 e. The summed E-state index contributed by atoms with van der Waals surface area (Å²) in [6.07, 6.45) is 3.70. The summed E-state index contributed by atoms with van der Waals surface area (Å²) in [5, 5.41) is 2.98. The first-order valence-corrected chi connectivity index (χ1v) is 10.8. The van der Waals surface area contributed by atoms with Crippen molar-refractivity contribution in [3.05, 3.63) is 60.2 Å². The Morgan fingerprint density at radius 2 is 1.72 bits per heavy atom. The first-order valence-electron chi connectivity index (χ1n) is 10.8. The molecule has 2 aromatic carbocycles. The lowest BCUT2D eigenvalue weighted by Gasteiger charge is -2.47. The van der Waals surface area contributed by atoms with Crippen LogP contribution in [0.2, 0.25) is 0 Å². The van der Waals surface area contributed by atoms with Crippen molar-refractivity contribution in [1.82, 2.24) is 9.80 Å². The third-order valence-electron chi connectivity index (χ3n) is 6.10. The van der Waals surface area contributed by atoms with Crippen molar-refractivity contribution < 1.29 is 9.53 Å². The highest BCUT2D eigenvalue weighted by Gasteiger charge is 2.36. The molecule has 0 spiro atoms. The van der Waals surface area contributed by atoms with E-state index in [0.29, 0.717) is 12.6 Å². The van der Waals surface area contributed by atoms with E-state index in [9.17, 15) is 4.79 Å². The van der Waals surface area contributed by atoms with Crippen molar-refractivity contribution in [3.63, 3.8) is 0 Å². The zero-order valence-electron chi connectivity index (χ0n) is 17.2. The molecule has 0 radical (unpaired) electrons. The highest BCUT2D eigenvalue weighted by atomic mass is 16.5. The Bertz CT molecular complexity index is 780. The molecule has 0 atom stereocenters. The Hall–Kier alpha value is -2.53. The van der Waals surface area contributed by atoms with E-state index in [1.165, 1.54) is 24.8 Å². The molecule has 2 fully saturated rings. The molecule has 4 rings (SSSR count). The topological polar surface area (TPSA) is 44.8 Å². The number of urea groups is 1. The molecule has 154 valence electrons. The molecule has 5 heteroatoms. The Kier molecular flexibility index (Phi) is 6.35. The van der Waals surface area contributed by atoms with Crippen molar-refractivity contribution in [3.8, 4) is 5.75 Å². The van der Waals surface area contributed by atoms with Gasteiger partial charge in [-0.05, 0) is 75.0 Å². The van der Waals surface area contributed by atoms with E-state index in [1.54, 1.807) is 0 Å². The van der Waals surface area contributed by atoms with E-state index >= 15 is 0 Å². The van der Waals surface area contributed by atoms with Crippen LogP contribution < -0.4 is 10.1 Å². The third-order valence-corrected chi connectivity index (χ3v) is 6.10. The zero-order chi connectivity index (χ0) is 20.1. The number of nitrogens with zero attached hydrogens (tertiary/aromatic N) is 2. The summed E-state index contributed by atoms with van der Waals surface area (Å²) in [4.78, 5) is 16.9. The van der Waals surface area contributed by atoms with Crippen LogP contribution in [0, 0.1) is 5.92 Å². The Balaban J connectivity index is 1.18. The maximum Gasteiger partial charge on any atom is 0.321 e. The van der Waals surface area contributed by atoms with Gasteiger partial charge in [0.05, 0.1) is 6.61 Å². The molecule has 2 amide bonds. The summed E-state index contributed by atoms with van der Waals surface area (Å²) in [6.45, 7) is 6.55. The molecule has 2 aromatic rings. The average Bonchev–Trinajstić information content (AvgIpc) is 2.71. The zero-order valence-corrected chi connectivity index (χ0v) is 17.2. The molecule has 1 N–H and O–H groups in total. The van der Waals surface area contributed by atoms with E-state index in [4.69, 9.17) is 4.74 Å². The number of rotatable bonds is 6. The van der Waals surface area contributed by atoms with Crippen molar-refractivity contribution in [2.45, 2.75) is 32.2 Å². The van der Waals surface area contributed by atoms with Crippen LogP contribution in [0.5, 0.6) is 5.75 Å². The van der Waals surface area contributed by atoms with Crippen molar-refractivity contribution >= 4 is 11.7 Å². The van der Waals surface area contributed by atoms with Crippen molar-refractivity contribution in [2.24, 2.45) is 5.92 Å². The summed E-state index contributed by atoms with van der Waals surface area (Å²) in [6, 6.07) is 18.9. The van der Waals surface area contributed by atoms with Crippen LogP contribution in [0.3, 0.4) is 0 Å². The molecule has 5 nitrogen and oxygen atoms in total. The fourth-order valence-corrected chi connectivity index (χ4v) is 4.33. The number of anilines is 1. The number of carbonyl (C=O) groups is 1. The molecule has 0 saturated carbocycles. The van der Waals surface area contributed by atoms with Gasteiger partial charge in [-0.1, -0.05) is 30.3 Å². The van der Waals surface area contributed by atoms with Gasteiger partial charge in [-0.15, -0.1) is 0 Å². The fraction of sp³-hybridized carbons (Fsp3) is 0.458. The third kappa shape index (κ3) is 5.10. The van der Waals surface area contributed by atoms with Crippen LogP contribution in [0.4, 0.5) is 10.5 Å². The number of carbonyl (C=O) groups excluding carboxylic acids is 1. The molecule has 2 aliphatic rings. The second kappa shape index (κ2) is 9.31. The lowest BCUT2D eigenvalue weighted by molar-refractivity contribution is 0.0383. The summed E-state index contributed by atoms with van der Waals surface area (Å²) < 4.78 is 5.44. The van der Waals surface area contributed by atoms with E-state index < -0.39 is 0 Å². The second-order valence-corrected chi connectivity index (χ2v) is 8.12. The number of likely N-dealkylation sites (tertiary alicyclic amines) is 2. The van der Waals surface area contributed by atoms with Gasteiger partial charge >= 0.3 is 6.03 Å². The number of ether oxygens (including phenoxy) is 1. The Morgan fingerprint density at radius 3 is 2.38 bits per heavy atom. The van der Waals surface area contributed by atoms with Gasteiger partial charge in [-0.2, -0.15) is 0 Å². The van der Waals surface area contributed by atoms with Crippen LogP contribution in [0.1, 0.15) is 25.3 Å². The number of benzene rings is 2. The Labute approximate surface area is 173 Å². The molecular weight excluding hydrogens is 362 g/mol. The van der Waals surface area contributed by atoms with E-state index in [1.807, 2.05) is 36.1 Å². The van der Waals surface area contributed by atoms with Crippen molar-refractivity contribution in [2.75, 3.05) is 38.1 Å². The monoisotopic (exact) mass is 393 g/mol. The summed E-state index contributed by atoms with van der Waals surface area (Å²) in [5.41, 5.74) is 2.26. The minimum absolute atomic E-state index is 0.00984. The van der Waals surface area contributed by atoms with Gasteiger partial charge in [0.2, 0.25) is 0 Å². The van der Waals surface area contributed by atoms with Gasteiger partial charge < -0.3 is 15.0 Å². The molecule has 2 heterocycles. The molecule has 29 heavy (non-hydrogen) atoms. The number of hydrogen-bond acceptors (Lipinski definition) is 3. The van der Waals surface area contributed by atoms with E-state index in [2.05, 4.69) is 40.5 Å². The van der Waals surface area contributed by atoms with Crippen LogP contribution in [0.15, 0.2) is 54.6 Å². The standard InChI is InChI=1S/C24H31N3O2/c1-2-29-23-10-8-21(9-11-23)25-24(28)27-17-22(18-27)26-14-12-20(13-15-26)16-19-6-4-3-5-7-19/h3-11,20,22H,2,12-18H2,1H3,(H,25,28). The average molecular weight is 394 g/mol. The molecule has 0 aromatic heterocycles. The largest absolute Gasteiger partial charge is 0.494 e. The molecule has 0 bridgehead atoms. The van der Waals surface area contributed by atoms with Crippen LogP contribution in [-0.2, 0) is 6.42 Å². The van der Waals surface area contributed by atoms with Crippen LogP contribution >= 0.6 is 0 Å². The van der Waals surface area contributed by atoms with Crippen LogP contribution in [-0.4, -0.2) is 54.7 Å². The highest BCUT2D eigenvalue weighted by molar-refractivity contribution is 5.90. The van der Waals surface area contributed by atoms with Crippen LogP contribution in [0.25, 0.3) is 0 Å². The Morgan fingerprint density at radius 1 is 1.03 bits per heavy atom. The first-order chi connectivity index (χ1) is 14.2. The number of piperidine rings is 1. The first kappa shape index (κ1) is 19.8. The predicted octanol–water partition coefficient (Wildman–Crippen LogP) is 4.26. The molecule has 2 aliphatic heterocycles. The van der Waals surface area contributed by atoms with Gasteiger partial charge in [0.15, 0.2) is 0 Å². The maximum absolute atomic E-state index is 12.5. The van der Waals surface area contributed by atoms with Crippen molar-refractivity contribution in [1.29, 1.82) is 0 Å². The normalized spacial score (nSPS) is 18.3. The number of nitrogens with one attached hydrogen (secondary N) is 1. The van der Waals surface area contributed by atoms with Gasteiger partial charge in [-0.3, -0.25) is 4.90 Å².